The summed E-state index contributed by atoms with van der Waals surface area (Å²) in [7, 11) is 0. The molecule has 0 saturated carbocycles. The van der Waals surface area contributed by atoms with Crippen molar-refractivity contribution in [3.63, 3.8) is 0 Å². The number of benzene rings is 1. The predicted molar refractivity (Wildman–Crippen MR) is 93.7 cm³/mol. The van der Waals surface area contributed by atoms with Gasteiger partial charge >= 0.3 is 0 Å². The lowest BCUT2D eigenvalue weighted by molar-refractivity contribution is 0.104. The van der Waals surface area contributed by atoms with E-state index < -0.39 is 0 Å². The van der Waals surface area contributed by atoms with Crippen molar-refractivity contribution in [3.8, 4) is 0 Å². The van der Waals surface area contributed by atoms with Crippen LogP contribution in [0.2, 0.25) is 0 Å². The van der Waals surface area contributed by atoms with Crippen LogP contribution in [0.25, 0.3) is 6.08 Å². The highest BCUT2D eigenvalue weighted by Crippen LogP contribution is 2.09. The van der Waals surface area contributed by atoms with Gasteiger partial charge in [0, 0.05) is 24.0 Å². The molecule has 0 atom stereocenters. The number of aromatic nitrogens is 4. The number of rotatable bonds is 6. The van der Waals surface area contributed by atoms with Crippen molar-refractivity contribution in [1.82, 2.24) is 19.6 Å². The van der Waals surface area contributed by atoms with Crippen molar-refractivity contribution in [2.45, 2.75) is 26.4 Å². The average molecular weight is 320 g/mol. The van der Waals surface area contributed by atoms with E-state index >= 15 is 0 Å². The Kier molecular flexibility index (Phi) is 4.70. The SMILES string of the molecule is CC(C)n1cc(C(=O)/C=C/c2cnn(Cc3ccccc3)c2)cn1. The van der Waals surface area contributed by atoms with Crippen LogP contribution in [0.3, 0.4) is 0 Å². The van der Waals surface area contributed by atoms with Gasteiger partial charge in [-0.05, 0) is 31.6 Å². The molecule has 0 bridgehead atoms. The number of hydrogen-bond donors (Lipinski definition) is 0. The van der Waals surface area contributed by atoms with E-state index in [0.29, 0.717) is 12.1 Å². The highest BCUT2D eigenvalue weighted by molar-refractivity contribution is 6.06. The highest BCUT2D eigenvalue weighted by atomic mass is 16.1. The fraction of sp³-hybridized carbons (Fsp3) is 0.211. The number of nitrogens with zero attached hydrogens (tertiary/aromatic N) is 4. The van der Waals surface area contributed by atoms with Gasteiger partial charge in [0.25, 0.3) is 0 Å². The first-order chi connectivity index (χ1) is 11.6. The molecule has 0 aliphatic carbocycles. The van der Waals surface area contributed by atoms with E-state index in [1.54, 1.807) is 35.4 Å². The summed E-state index contributed by atoms with van der Waals surface area (Å²) in [5.41, 5.74) is 2.68. The van der Waals surface area contributed by atoms with E-state index in [1.807, 2.05) is 42.9 Å². The van der Waals surface area contributed by atoms with Crippen LogP contribution in [0.4, 0.5) is 0 Å². The number of carbonyl (C=O) groups excluding carboxylic acids is 1. The summed E-state index contributed by atoms with van der Waals surface area (Å²) in [4.78, 5) is 12.2. The van der Waals surface area contributed by atoms with Gasteiger partial charge in [0.05, 0.1) is 24.5 Å². The quantitative estimate of drug-likeness (QED) is 0.515. The average Bonchev–Trinajstić information content (AvgIpc) is 3.23. The van der Waals surface area contributed by atoms with Crippen molar-refractivity contribution >= 4 is 11.9 Å². The summed E-state index contributed by atoms with van der Waals surface area (Å²) in [6.45, 7) is 4.76. The van der Waals surface area contributed by atoms with E-state index in [4.69, 9.17) is 0 Å². The number of hydrogen-bond acceptors (Lipinski definition) is 3. The van der Waals surface area contributed by atoms with Crippen LogP contribution < -0.4 is 0 Å². The Balaban J connectivity index is 1.65. The van der Waals surface area contributed by atoms with Gasteiger partial charge < -0.3 is 0 Å². The van der Waals surface area contributed by atoms with Gasteiger partial charge in [-0.1, -0.05) is 30.3 Å². The smallest absolute Gasteiger partial charge is 0.189 e. The zero-order valence-corrected chi connectivity index (χ0v) is 13.8. The lowest BCUT2D eigenvalue weighted by atomic mass is 10.2. The van der Waals surface area contributed by atoms with Gasteiger partial charge in [0.15, 0.2) is 5.78 Å². The lowest BCUT2D eigenvalue weighted by Crippen LogP contribution is -2.00. The first kappa shape index (κ1) is 15.9. The van der Waals surface area contributed by atoms with E-state index in [2.05, 4.69) is 22.3 Å². The van der Waals surface area contributed by atoms with Crippen LogP contribution in [-0.2, 0) is 6.54 Å². The maximum absolute atomic E-state index is 12.2. The molecule has 2 aromatic heterocycles. The zero-order chi connectivity index (χ0) is 16.9. The Morgan fingerprint density at radius 1 is 1.12 bits per heavy atom. The van der Waals surface area contributed by atoms with E-state index in [0.717, 1.165) is 5.56 Å². The summed E-state index contributed by atoms with van der Waals surface area (Å²) in [6, 6.07) is 10.4. The number of ketones is 1. The molecule has 3 rings (SSSR count). The molecule has 122 valence electrons. The molecule has 0 aliphatic heterocycles. The molecule has 24 heavy (non-hydrogen) atoms. The minimum atomic E-state index is -0.0577. The Morgan fingerprint density at radius 2 is 1.92 bits per heavy atom. The summed E-state index contributed by atoms with van der Waals surface area (Å²) in [5.74, 6) is -0.0577. The lowest BCUT2D eigenvalue weighted by Gasteiger charge is -2.02. The molecule has 0 aliphatic rings. The minimum Gasteiger partial charge on any atom is -0.289 e. The van der Waals surface area contributed by atoms with Crippen LogP contribution in [0.5, 0.6) is 0 Å². The van der Waals surface area contributed by atoms with Crippen molar-refractivity contribution in [1.29, 1.82) is 0 Å². The first-order valence-corrected chi connectivity index (χ1v) is 7.95. The van der Waals surface area contributed by atoms with Crippen LogP contribution >= 0.6 is 0 Å². The number of carbonyl (C=O) groups is 1. The van der Waals surface area contributed by atoms with Gasteiger partial charge in [0.1, 0.15) is 0 Å². The van der Waals surface area contributed by atoms with E-state index in [9.17, 15) is 4.79 Å². The Labute approximate surface area is 141 Å². The molecular weight excluding hydrogens is 300 g/mol. The summed E-state index contributed by atoms with van der Waals surface area (Å²) in [6.07, 6.45) is 10.4. The predicted octanol–water partition coefficient (Wildman–Crippen LogP) is 3.60. The highest BCUT2D eigenvalue weighted by Gasteiger charge is 2.07. The maximum Gasteiger partial charge on any atom is 0.189 e. The molecule has 0 fully saturated rings. The molecule has 0 unspecified atom stereocenters. The van der Waals surface area contributed by atoms with E-state index in [1.165, 1.54) is 5.56 Å². The van der Waals surface area contributed by atoms with Crippen molar-refractivity contribution in [3.05, 3.63) is 77.9 Å². The fourth-order valence-corrected chi connectivity index (χ4v) is 2.34. The van der Waals surface area contributed by atoms with Gasteiger partial charge in [-0.2, -0.15) is 10.2 Å². The molecule has 0 spiro atoms. The third-order valence-corrected chi connectivity index (χ3v) is 3.68. The molecule has 0 N–H and O–H groups in total. The second kappa shape index (κ2) is 7.08. The number of allylic oxidation sites excluding steroid dienone is 1. The van der Waals surface area contributed by atoms with Crippen LogP contribution in [-0.4, -0.2) is 25.3 Å². The topological polar surface area (TPSA) is 52.7 Å². The third kappa shape index (κ3) is 3.87. The van der Waals surface area contributed by atoms with E-state index in [-0.39, 0.29) is 11.8 Å². The van der Waals surface area contributed by atoms with Gasteiger partial charge in [-0.25, -0.2) is 0 Å². The molecule has 2 heterocycles. The fourth-order valence-electron chi connectivity index (χ4n) is 2.34. The Bertz CT molecular complexity index is 843. The van der Waals surface area contributed by atoms with Gasteiger partial charge in [0.2, 0.25) is 0 Å². The van der Waals surface area contributed by atoms with Gasteiger partial charge in [-0.3, -0.25) is 14.2 Å². The second-order valence-corrected chi connectivity index (χ2v) is 5.96. The van der Waals surface area contributed by atoms with Crippen molar-refractivity contribution in [2.75, 3.05) is 0 Å². The van der Waals surface area contributed by atoms with Crippen LogP contribution in [0.15, 0.2) is 61.2 Å². The summed E-state index contributed by atoms with van der Waals surface area (Å²) >= 11 is 0. The molecule has 5 nitrogen and oxygen atoms in total. The minimum absolute atomic E-state index is 0.0577. The summed E-state index contributed by atoms with van der Waals surface area (Å²) in [5, 5.41) is 8.52. The normalized spacial score (nSPS) is 11.5. The monoisotopic (exact) mass is 320 g/mol. The largest absolute Gasteiger partial charge is 0.289 e. The zero-order valence-electron chi connectivity index (χ0n) is 13.8. The Hall–Kier alpha value is -2.95. The van der Waals surface area contributed by atoms with Crippen molar-refractivity contribution in [2.24, 2.45) is 0 Å². The molecule has 3 aromatic rings. The molecule has 0 saturated heterocycles. The second-order valence-electron chi connectivity index (χ2n) is 5.96. The molecule has 0 amide bonds. The van der Waals surface area contributed by atoms with Crippen LogP contribution in [0.1, 0.15) is 41.4 Å². The third-order valence-electron chi connectivity index (χ3n) is 3.68. The van der Waals surface area contributed by atoms with Gasteiger partial charge in [-0.15, -0.1) is 0 Å². The maximum atomic E-state index is 12.2. The summed E-state index contributed by atoms with van der Waals surface area (Å²) < 4.78 is 3.63. The first-order valence-electron chi connectivity index (χ1n) is 7.95. The molecule has 1 aromatic carbocycles. The molecular formula is C19H20N4O. The Morgan fingerprint density at radius 3 is 2.62 bits per heavy atom. The van der Waals surface area contributed by atoms with Crippen molar-refractivity contribution < 1.29 is 4.79 Å². The molecule has 0 radical (unpaired) electrons. The molecule has 5 heteroatoms. The standard InChI is InChI=1S/C19H20N4O/c1-15(2)23-14-18(11-21-23)19(24)9-8-17-10-20-22(13-17)12-16-6-4-3-5-7-16/h3-11,13-15H,12H2,1-2H3/b9-8+. The van der Waals surface area contributed by atoms with Crippen LogP contribution in [0, 0.1) is 0 Å².